The highest BCUT2D eigenvalue weighted by molar-refractivity contribution is 7.99. The maximum Gasteiger partial charge on any atom is 0.308 e. The fourth-order valence-corrected chi connectivity index (χ4v) is 5.16. The summed E-state index contributed by atoms with van der Waals surface area (Å²) in [7, 11) is 0. The first kappa shape index (κ1) is 22.1. The number of nitrogens with one attached hydrogen (secondary N) is 1. The zero-order valence-corrected chi connectivity index (χ0v) is 19.4. The van der Waals surface area contributed by atoms with Gasteiger partial charge in [-0.3, -0.25) is 18.7 Å². The SMILES string of the molecule is O=C(CSc1nnc(Cn2c(=O)sc3ccccc32)n1-c1ccccc1)Nc1ccc(F)cc1. The van der Waals surface area contributed by atoms with Gasteiger partial charge in [0.2, 0.25) is 5.91 Å². The highest BCUT2D eigenvalue weighted by Crippen LogP contribution is 2.24. The molecular formula is C24H18FN5O2S2. The Morgan fingerprint density at radius 2 is 1.71 bits per heavy atom. The van der Waals surface area contributed by atoms with Gasteiger partial charge in [0.25, 0.3) is 0 Å². The molecule has 0 atom stereocenters. The van der Waals surface area contributed by atoms with Crippen molar-refractivity contribution in [3.8, 4) is 5.69 Å². The van der Waals surface area contributed by atoms with Gasteiger partial charge in [-0.25, -0.2) is 4.39 Å². The van der Waals surface area contributed by atoms with Crippen molar-refractivity contribution < 1.29 is 9.18 Å². The Labute approximate surface area is 201 Å². The van der Waals surface area contributed by atoms with Crippen molar-refractivity contribution in [3.05, 3.63) is 100 Å². The number of fused-ring (bicyclic) bond motifs is 1. The number of hydrogen-bond acceptors (Lipinski definition) is 6. The number of thiazole rings is 1. The maximum absolute atomic E-state index is 13.1. The van der Waals surface area contributed by atoms with Crippen LogP contribution in [0.5, 0.6) is 0 Å². The molecule has 0 aliphatic heterocycles. The average Bonchev–Trinajstić information content (AvgIpc) is 3.40. The van der Waals surface area contributed by atoms with E-state index in [0.717, 1.165) is 15.9 Å². The molecule has 0 bridgehead atoms. The van der Waals surface area contributed by atoms with Crippen LogP contribution in [0.15, 0.2) is 88.8 Å². The molecule has 7 nitrogen and oxygen atoms in total. The van der Waals surface area contributed by atoms with E-state index in [4.69, 9.17) is 0 Å². The van der Waals surface area contributed by atoms with E-state index in [1.807, 2.05) is 59.2 Å². The fraction of sp³-hybridized carbons (Fsp3) is 0.0833. The zero-order valence-electron chi connectivity index (χ0n) is 17.7. The van der Waals surface area contributed by atoms with E-state index in [1.165, 1.54) is 47.4 Å². The van der Waals surface area contributed by atoms with Gasteiger partial charge in [0.15, 0.2) is 11.0 Å². The molecular weight excluding hydrogens is 473 g/mol. The summed E-state index contributed by atoms with van der Waals surface area (Å²) < 4.78 is 17.5. The monoisotopic (exact) mass is 491 g/mol. The third kappa shape index (κ3) is 4.63. The molecule has 170 valence electrons. The number of rotatable bonds is 7. The second-order valence-electron chi connectivity index (χ2n) is 7.34. The van der Waals surface area contributed by atoms with Gasteiger partial charge in [-0.2, -0.15) is 0 Å². The summed E-state index contributed by atoms with van der Waals surface area (Å²) in [5.74, 6) is 0.0522. The van der Waals surface area contributed by atoms with Crippen molar-refractivity contribution in [3.63, 3.8) is 0 Å². The van der Waals surface area contributed by atoms with Crippen molar-refractivity contribution in [2.45, 2.75) is 11.7 Å². The van der Waals surface area contributed by atoms with E-state index in [1.54, 1.807) is 4.57 Å². The van der Waals surface area contributed by atoms with Crippen molar-refractivity contribution in [1.29, 1.82) is 0 Å². The molecule has 0 spiro atoms. The summed E-state index contributed by atoms with van der Waals surface area (Å²) in [5.41, 5.74) is 2.19. The predicted molar refractivity (Wildman–Crippen MR) is 132 cm³/mol. The normalized spacial score (nSPS) is 11.1. The molecule has 1 amide bonds. The third-order valence-electron chi connectivity index (χ3n) is 5.05. The molecule has 0 aliphatic rings. The van der Waals surface area contributed by atoms with Gasteiger partial charge in [-0.1, -0.05) is 53.4 Å². The van der Waals surface area contributed by atoms with Crippen molar-refractivity contribution in [2.75, 3.05) is 11.1 Å². The first-order chi connectivity index (χ1) is 16.6. The van der Waals surface area contributed by atoms with Gasteiger partial charge in [0.1, 0.15) is 5.82 Å². The van der Waals surface area contributed by atoms with Crippen molar-refractivity contribution >= 4 is 44.9 Å². The summed E-state index contributed by atoms with van der Waals surface area (Å²) in [6, 6.07) is 22.8. The standard InChI is InChI=1S/C24H18FN5O2S2/c25-16-10-12-17(13-11-16)26-22(31)15-33-23-28-27-21(30(23)18-6-2-1-3-7-18)14-29-19-8-4-5-9-20(19)34-24(29)32/h1-13H,14-15H2,(H,26,31). The Bertz CT molecular complexity index is 1510. The van der Waals surface area contributed by atoms with E-state index < -0.39 is 0 Å². The van der Waals surface area contributed by atoms with E-state index >= 15 is 0 Å². The van der Waals surface area contributed by atoms with Crippen LogP contribution < -0.4 is 10.2 Å². The zero-order chi connectivity index (χ0) is 23.5. The second kappa shape index (κ2) is 9.62. The van der Waals surface area contributed by atoms with Crippen LogP contribution in [0.4, 0.5) is 10.1 Å². The predicted octanol–water partition coefficient (Wildman–Crippen LogP) is 4.56. The number of halogens is 1. The van der Waals surface area contributed by atoms with Crippen LogP contribution in [0.2, 0.25) is 0 Å². The Morgan fingerprint density at radius 1 is 0.971 bits per heavy atom. The van der Waals surface area contributed by atoms with Gasteiger partial charge in [-0.15, -0.1) is 10.2 Å². The number of para-hydroxylation sites is 2. The largest absolute Gasteiger partial charge is 0.325 e. The van der Waals surface area contributed by atoms with E-state index in [0.29, 0.717) is 16.7 Å². The lowest BCUT2D eigenvalue weighted by Crippen LogP contribution is -2.17. The van der Waals surface area contributed by atoms with Crippen LogP contribution in [0.3, 0.4) is 0 Å². The molecule has 5 aromatic rings. The van der Waals surface area contributed by atoms with E-state index in [2.05, 4.69) is 15.5 Å². The van der Waals surface area contributed by atoms with Gasteiger partial charge in [-0.05, 0) is 48.5 Å². The van der Waals surface area contributed by atoms with Crippen LogP contribution >= 0.6 is 23.1 Å². The van der Waals surface area contributed by atoms with E-state index in [9.17, 15) is 14.0 Å². The molecule has 0 unspecified atom stereocenters. The molecule has 10 heteroatoms. The number of thioether (sulfide) groups is 1. The minimum absolute atomic E-state index is 0.0725. The molecule has 0 aliphatic carbocycles. The summed E-state index contributed by atoms with van der Waals surface area (Å²) in [4.78, 5) is 25.0. The Kier molecular flexibility index (Phi) is 6.24. The Hall–Kier alpha value is -3.76. The number of aromatic nitrogens is 4. The van der Waals surface area contributed by atoms with Crippen molar-refractivity contribution in [2.24, 2.45) is 0 Å². The van der Waals surface area contributed by atoms with Gasteiger partial charge < -0.3 is 5.32 Å². The lowest BCUT2D eigenvalue weighted by atomic mass is 10.3. The number of hydrogen-bond donors (Lipinski definition) is 1. The molecule has 0 fully saturated rings. The summed E-state index contributed by atoms with van der Waals surface area (Å²) in [6.45, 7) is 0.243. The number of anilines is 1. The highest BCUT2D eigenvalue weighted by Gasteiger charge is 2.18. The molecule has 1 N–H and O–H groups in total. The molecule has 34 heavy (non-hydrogen) atoms. The van der Waals surface area contributed by atoms with Crippen LogP contribution in [-0.2, 0) is 11.3 Å². The van der Waals surface area contributed by atoms with Gasteiger partial charge >= 0.3 is 4.87 Å². The second-order valence-corrected chi connectivity index (χ2v) is 9.27. The number of benzene rings is 3. The first-order valence-electron chi connectivity index (χ1n) is 10.3. The summed E-state index contributed by atoms with van der Waals surface area (Å²) in [5, 5.41) is 11.9. The summed E-state index contributed by atoms with van der Waals surface area (Å²) in [6.07, 6.45) is 0. The Balaban J connectivity index is 1.42. The number of amides is 1. The van der Waals surface area contributed by atoms with Crippen LogP contribution in [0.25, 0.3) is 15.9 Å². The quantitative estimate of drug-likeness (QED) is 0.338. The summed E-state index contributed by atoms with van der Waals surface area (Å²) >= 11 is 2.42. The molecule has 0 saturated heterocycles. The minimum Gasteiger partial charge on any atom is -0.325 e. The molecule has 5 rings (SSSR count). The first-order valence-corrected chi connectivity index (χ1v) is 12.1. The Morgan fingerprint density at radius 3 is 2.50 bits per heavy atom. The van der Waals surface area contributed by atoms with Crippen LogP contribution in [-0.4, -0.2) is 31.0 Å². The highest BCUT2D eigenvalue weighted by atomic mass is 32.2. The van der Waals surface area contributed by atoms with Crippen molar-refractivity contribution in [1.82, 2.24) is 19.3 Å². The smallest absolute Gasteiger partial charge is 0.308 e. The lowest BCUT2D eigenvalue weighted by Gasteiger charge is -2.11. The molecule has 2 heterocycles. The molecule has 3 aromatic carbocycles. The lowest BCUT2D eigenvalue weighted by molar-refractivity contribution is -0.113. The van der Waals surface area contributed by atoms with Crippen LogP contribution in [0, 0.1) is 5.82 Å². The van der Waals surface area contributed by atoms with Crippen LogP contribution in [0.1, 0.15) is 5.82 Å². The molecule has 0 radical (unpaired) electrons. The molecule has 0 saturated carbocycles. The average molecular weight is 492 g/mol. The third-order valence-corrected chi connectivity index (χ3v) is 6.94. The number of carbonyl (C=O) groups is 1. The minimum atomic E-state index is -0.367. The number of carbonyl (C=O) groups excluding carboxylic acids is 1. The van der Waals surface area contributed by atoms with Gasteiger partial charge in [0, 0.05) is 11.4 Å². The topological polar surface area (TPSA) is 81.8 Å². The molecule has 2 aromatic heterocycles. The fourth-order valence-electron chi connectivity index (χ4n) is 3.50. The van der Waals surface area contributed by atoms with E-state index in [-0.39, 0.29) is 28.9 Å². The van der Waals surface area contributed by atoms with Gasteiger partial charge in [0.05, 0.1) is 22.5 Å². The number of nitrogens with zero attached hydrogens (tertiary/aromatic N) is 4. The maximum atomic E-state index is 13.1.